The Kier molecular flexibility index (Phi) is 6.22. The van der Waals surface area contributed by atoms with Gasteiger partial charge >= 0.3 is 5.97 Å². The SMILES string of the molecule is CCc1nc(-c2ccc(OC)cc2C)n(C)c(=O)c1NC1c2ccccc2C[C@@H]1OC(C)=O. The van der Waals surface area contributed by atoms with Gasteiger partial charge in [-0.15, -0.1) is 0 Å². The second-order valence-electron chi connectivity index (χ2n) is 8.33. The van der Waals surface area contributed by atoms with Crippen LogP contribution in [0.15, 0.2) is 47.3 Å². The van der Waals surface area contributed by atoms with Crippen LogP contribution in [0.25, 0.3) is 11.4 Å². The number of benzene rings is 2. The van der Waals surface area contributed by atoms with Crippen molar-refractivity contribution < 1.29 is 14.3 Å². The number of rotatable bonds is 6. The normalized spacial score (nSPS) is 16.9. The number of nitrogens with zero attached hydrogens (tertiary/aromatic N) is 2. The van der Waals surface area contributed by atoms with Crippen LogP contribution >= 0.6 is 0 Å². The van der Waals surface area contributed by atoms with Crippen molar-refractivity contribution in [3.8, 4) is 17.1 Å². The van der Waals surface area contributed by atoms with E-state index in [0.717, 1.165) is 28.0 Å². The molecule has 0 fully saturated rings. The maximum Gasteiger partial charge on any atom is 0.302 e. The molecule has 0 amide bonds. The molecule has 7 nitrogen and oxygen atoms in total. The minimum Gasteiger partial charge on any atom is -0.497 e. The first kappa shape index (κ1) is 22.6. The lowest BCUT2D eigenvalue weighted by Crippen LogP contribution is -2.32. The Morgan fingerprint density at radius 2 is 2.00 bits per heavy atom. The van der Waals surface area contributed by atoms with Crippen molar-refractivity contribution in [2.24, 2.45) is 7.05 Å². The standard InChI is InChI=1S/C26H29N3O4/c1-6-21-24(28-23-20-10-8-7-9-17(20)14-22(23)33-16(3)30)26(31)29(4)25(27-21)19-12-11-18(32-5)13-15(19)2/h7-13,22-23,28H,6,14H2,1-5H3/t22-,23?/m0/s1. The topological polar surface area (TPSA) is 82.5 Å². The van der Waals surface area contributed by atoms with E-state index in [2.05, 4.69) is 5.32 Å². The summed E-state index contributed by atoms with van der Waals surface area (Å²) in [5, 5.41) is 3.40. The van der Waals surface area contributed by atoms with Crippen LogP contribution in [0.1, 0.15) is 42.3 Å². The van der Waals surface area contributed by atoms with E-state index in [1.54, 1.807) is 18.7 Å². The highest BCUT2D eigenvalue weighted by molar-refractivity contribution is 5.67. The predicted molar refractivity (Wildman–Crippen MR) is 128 cm³/mol. The van der Waals surface area contributed by atoms with E-state index in [9.17, 15) is 9.59 Å². The molecule has 0 bridgehead atoms. The smallest absolute Gasteiger partial charge is 0.302 e. The first-order valence-electron chi connectivity index (χ1n) is 11.1. The Labute approximate surface area is 193 Å². The first-order valence-corrected chi connectivity index (χ1v) is 11.1. The number of carbonyl (C=O) groups is 1. The third-order valence-corrected chi connectivity index (χ3v) is 6.18. The number of carbonyl (C=O) groups excluding carboxylic acids is 1. The monoisotopic (exact) mass is 447 g/mol. The number of hydrogen-bond acceptors (Lipinski definition) is 6. The molecule has 0 spiro atoms. The van der Waals surface area contributed by atoms with Gasteiger partial charge in [0.15, 0.2) is 0 Å². The first-order chi connectivity index (χ1) is 15.8. The van der Waals surface area contributed by atoms with Gasteiger partial charge in [-0.2, -0.15) is 0 Å². The third kappa shape index (κ3) is 4.23. The van der Waals surface area contributed by atoms with Crippen molar-refractivity contribution in [2.75, 3.05) is 12.4 Å². The summed E-state index contributed by atoms with van der Waals surface area (Å²) in [6, 6.07) is 13.4. The molecule has 4 rings (SSSR count). The lowest BCUT2D eigenvalue weighted by molar-refractivity contribution is -0.146. The summed E-state index contributed by atoms with van der Waals surface area (Å²) in [7, 11) is 3.35. The quantitative estimate of drug-likeness (QED) is 0.576. The molecular weight excluding hydrogens is 418 g/mol. The van der Waals surface area contributed by atoms with Crippen LogP contribution in [-0.4, -0.2) is 28.7 Å². The fraction of sp³-hybridized carbons (Fsp3) is 0.346. The van der Waals surface area contributed by atoms with Crippen molar-refractivity contribution in [2.45, 2.75) is 45.8 Å². The summed E-state index contributed by atoms with van der Waals surface area (Å²) in [6.07, 6.45) is 0.789. The molecule has 3 aromatic rings. The van der Waals surface area contributed by atoms with Gasteiger partial charge < -0.3 is 14.8 Å². The van der Waals surface area contributed by atoms with Gasteiger partial charge in [-0.25, -0.2) is 4.98 Å². The number of ether oxygens (including phenoxy) is 2. The van der Waals surface area contributed by atoms with Crippen molar-refractivity contribution in [3.63, 3.8) is 0 Å². The van der Waals surface area contributed by atoms with Gasteiger partial charge in [0.1, 0.15) is 23.4 Å². The maximum atomic E-state index is 13.5. The molecule has 1 heterocycles. The van der Waals surface area contributed by atoms with E-state index in [4.69, 9.17) is 14.5 Å². The van der Waals surface area contributed by atoms with Crippen LogP contribution < -0.4 is 15.6 Å². The molecule has 0 aliphatic heterocycles. The number of aryl methyl sites for hydroxylation is 2. The van der Waals surface area contributed by atoms with E-state index in [-0.39, 0.29) is 17.6 Å². The van der Waals surface area contributed by atoms with E-state index in [0.29, 0.717) is 30.0 Å². The number of methoxy groups -OCH3 is 1. The Bertz CT molecular complexity index is 1260. The van der Waals surface area contributed by atoms with Crippen LogP contribution in [0.2, 0.25) is 0 Å². The minimum absolute atomic E-state index is 0.168. The van der Waals surface area contributed by atoms with Crippen molar-refractivity contribution in [1.29, 1.82) is 0 Å². The Balaban J connectivity index is 1.78. The lowest BCUT2D eigenvalue weighted by atomic mass is 10.1. The molecular formula is C26H29N3O4. The molecule has 0 saturated heterocycles. The summed E-state index contributed by atoms with van der Waals surface area (Å²) >= 11 is 0. The number of hydrogen-bond donors (Lipinski definition) is 1. The fourth-order valence-electron chi connectivity index (χ4n) is 4.51. The van der Waals surface area contributed by atoms with Gasteiger partial charge in [-0.05, 0) is 48.2 Å². The number of aromatic nitrogens is 2. The van der Waals surface area contributed by atoms with E-state index >= 15 is 0 Å². The van der Waals surface area contributed by atoms with Crippen LogP contribution in [0, 0.1) is 6.92 Å². The van der Waals surface area contributed by atoms with Crippen molar-refractivity contribution in [3.05, 3.63) is 75.2 Å². The van der Waals surface area contributed by atoms with Crippen LogP contribution in [0.4, 0.5) is 5.69 Å². The summed E-state index contributed by atoms with van der Waals surface area (Å²) in [5.74, 6) is 1.02. The predicted octanol–water partition coefficient (Wildman–Crippen LogP) is 3.97. The second kappa shape index (κ2) is 9.10. The molecule has 2 aromatic carbocycles. The number of anilines is 1. The molecule has 0 radical (unpaired) electrons. The van der Waals surface area contributed by atoms with E-state index in [1.165, 1.54) is 6.92 Å². The third-order valence-electron chi connectivity index (χ3n) is 6.18. The van der Waals surface area contributed by atoms with Crippen molar-refractivity contribution >= 4 is 11.7 Å². The van der Waals surface area contributed by atoms with E-state index < -0.39 is 6.10 Å². The van der Waals surface area contributed by atoms with Crippen LogP contribution in [0.5, 0.6) is 5.75 Å². The van der Waals surface area contributed by atoms with Crippen molar-refractivity contribution in [1.82, 2.24) is 9.55 Å². The zero-order valence-electron chi connectivity index (χ0n) is 19.6. The van der Waals surface area contributed by atoms with Crippen LogP contribution in [0.3, 0.4) is 0 Å². The zero-order valence-corrected chi connectivity index (χ0v) is 19.6. The summed E-state index contributed by atoms with van der Waals surface area (Å²) in [5.41, 5.74) is 4.93. The molecule has 1 aromatic heterocycles. The van der Waals surface area contributed by atoms with Gasteiger partial charge in [0.2, 0.25) is 0 Å². The summed E-state index contributed by atoms with van der Waals surface area (Å²) in [4.78, 5) is 30.1. The molecule has 7 heteroatoms. The van der Waals surface area contributed by atoms with Gasteiger partial charge in [-0.3, -0.25) is 14.2 Å². The average Bonchev–Trinajstić information content (AvgIpc) is 3.13. The highest BCUT2D eigenvalue weighted by atomic mass is 16.5. The van der Waals surface area contributed by atoms with Gasteiger partial charge in [0.05, 0.1) is 18.8 Å². The highest BCUT2D eigenvalue weighted by Gasteiger charge is 2.35. The zero-order chi connectivity index (χ0) is 23.7. The summed E-state index contributed by atoms with van der Waals surface area (Å²) < 4.78 is 12.5. The van der Waals surface area contributed by atoms with Gasteiger partial charge in [-0.1, -0.05) is 31.2 Å². The minimum atomic E-state index is -0.391. The van der Waals surface area contributed by atoms with Gasteiger partial charge in [0, 0.05) is 26.0 Å². The molecule has 1 aliphatic rings. The highest BCUT2D eigenvalue weighted by Crippen LogP contribution is 2.36. The maximum absolute atomic E-state index is 13.5. The average molecular weight is 448 g/mol. The Morgan fingerprint density at radius 1 is 1.24 bits per heavy atom. The molecule has 1 unspecified atom stereocenters. The number of fused-ring (bicyclic) bond motifs is 1. The molecule has 0 saturated carbocycles. The number of esters is 1. The van der Waals surface area contributed by atoms with Crippen LogP contribution in [-0.2, 0) is 29.4 Å². The fourth-order valence-corrected chi connectivity index (χ4v) is 4.51. The number of nitrogens with one attached hydrogen (secondary N) is 1. The Morgan fingerprint density at radius 3 is 2.67 bits per heavy atom. The molecule has 2 atom stereocenters. The van der Waals surface area contributed by atoms with E-state index in [1.807, 2.05) is 56.3 Å². The molecule has 1 aliphatic carbocycles. The van der Waals surface area contributed by atoms with Gasteiger partial charge in [0.25, 0.3) is 5.56 Å². The lowest BCUT2D eigenvalue weighted by Gasteiger charge is -2.24. The Hall–Kier alpha value is -3.61. The molecule has 1 N–H and O–H groups in total. The summed E-state index contributed by atoms with van der Waals surface area (Å²) in [6.45, 7) is 5.36. The molecule has 33 heavy (non-hydrogen) atoms. The second-order valence-corrected chi connectivity index (χ2v) is 8.33. The molecule has 172 valence electrons. The largest absolute Gasteiger partial charge is 0.497 e.